The van der Waals surface area contributed by atoms with Crippen molar-refractivity contribution in [1.82, 2.24) is 5.06 Å². The highest BCUT2D eigenvalue weighted by atomic mass is 32.1. The fourth-order valence-corrected chi connectivity index (χ4v) is 4.33. The standard InChI is InChI=1S/C18H16N2O2S2/c1-12(20(22)18(19)21)6-7-14-8-9-15(23-14)11-16-10-13-4-2-3-5-17(13)24-16/h2-5,8-10,12,22H,11H2,1H3,(H2,19,21). The van der Waals surface area contributed by atoms with Crippen LogP contribution in [0.4, 0.5) is 4.79 Å². The predicted molar refractivity (Wildman–Crippen MR) is 98.5 cm³/mol. The summed E-state index contributed by atoms with van der Waals surface area (Å²) in [7, 11) is 0. The first-order chi connectivity index (χ1) is 11.5. The van der Waals surface area contributed by atoms with Crippen LogP contribution in [-0.4, -0.2) is 22.3 Å². The minimum atomic E-state index is -0.909. The van der Waals surface area contributed by atoms with Gasteiger partial charge in [-0.15, -0.1) is 22.7 Å². The van der Waals surface area contributed by atoms with Crippen molar-refractivity contribution < 1.29 is 10.0 Å². The van der Waals surface area contributed by atoms with Crippen molar-refractivity contribution in [2.24, 2.45) is 5.73 Å². The predicted octanol–water partition coefficient (Wildman–Crippen LogP) is 4.06. The summed E-state index contributed by atoms with van der Waals surface area (Å²) < 4.78 is 1.30. The zero-order chi connectivity index (χ0) is 17.1. The molecule has 0 aliphatic carbocycles. The summed E-state index contributed by atoms with van der Waals surface area (Å²) in [5, 5.41) is 11.1. The normalized spacial score (nSPS) is 11.8. The molecule has 0 fully saturated rings. The van der Waals surface area contributed by atoms with Crippen LogP contribution in [0.25, 0.3) is 10.1 Å². The Balaban J connectivity index is 1.71. The van der Waals surface area contributed by atoms with E-state index >= 15 is 0 Å². The average molecular weight is 356 g/mol. The van der Waals surface area contributed by atoms with Crippen LogP contribution in [0.3, 0.4) is 0 Å². The van der Waals surface area contributed by atoms with Crippen molar-refractivity contribution in [3.05, 3.63) is 57.1 Å². The van der Waals surface area contributed by atoms with Gasteiger partial charge in [0.25, 0.3) is 0 Å². The zero-order valence-corrected chi connectivity index (χ0v) is 14.7. The van der Waals surface area contributed by atoms with E-state index in [2.05, 4.69) is 48.2 Å². The van der Waals surface area contributed by atoms with Crippen LogP contribution in [0.5, 0.6) is 0 Å². The van der Waals surface area contributed by atoms with Gasteiger partial charge in [0.1, 0.15) is 6.04 Å². The number of benzene rings is 1. The van der Waals surface area contributed by atoms with Crippen LogP contribution >= 0.6 is 22.7 Å². The summed E-state index contributed by atoms with van der Waals surface area (Å²) >= 11 is 3.42. The summed E-state index contributed by atoms with van der Waals surface area (Å²) in [6, 6.07) is 13.1. The van der Waals surface area contributed by atoms with Gasteiger partial charge in [-0.25, -0.2) is 4.79 Å². The lowest BCUT2D eigenvalue weighted by Crippen LogP contribution is -2.38. The maximum atomic E-state index is 10.9. The first-order valence-electron chi connectivity index (χ1n) is 7.38. The van der Waals surface area contributed by atoms with E-state index in [9.17, 15) is 10.0 Å². The summed E-state index contributed by atoms with van der Waals surface area (Å²) in [5.41, 5.74) is 5.00. The number of primary amides is 1. The molecule has 4 nitrogen and oxygen atoms in total. The third kappa shape index (κ3) is 3.77. The second-order valence-electron chi connectivity index (χ2n) is 5.32. The molecule has 0 saturated carbocycles. The molecule has 0 aliphatic heterocycles. The third-order valence-corrected chi connectivity index (χ3v) is 5.60. The van der Waals surface area contributed by atoms with Gasteiger partial charge in [-0.1, -0.05) is 30.0 Å². The molecule has 6 heteroatoms. The lowest BCUT2D eigenvalue weighted by atomic mass is 10.2. The maximum Gasteiger partial charge on any atom is 0.339 e. The van der Waals surface area contributed by atoms with Crippen molar-refractivity contribution >= 4 is 38.8 Å². The molecule has 1 atom stereocenters. The van der Waals surface area contributed by atoms with Crippen LogP contribution in [0.1, 0.15) is 21.6 Å². The van der Waals surface area contributed by atoms with Crippen molar-refractivity contribution in [3.8, 4) is 11.8 Å². The maximum absolute atomic E-state index is 10.9. The Bertz CT molecular complexity index is 900. The highest BCUT2D eigenvalue weighted by molar-refractivity contribution is 7.19. The number of rotatable bonds is 3. The van der Waals surface area contributed by atoms with E-state index in [1.54, 1.807) is 29.6 Å². The smallest absolute Gasteiger partial charge is 0.339 e. The van der Waals surface area contributed by atoms with Crippen LogP contribution in [0.2, 0.25) is 0 Å². The number of hydroxylamine groups is 2. The Hall–Kier alpha value is -2.33. The molecule has 1 aromatic carbocycles. The Morgan fingerprint density at radius 2 is 2.04 bits per heavy atom. The molecule has 3 N–H and O–H groups in total. The van der Waals surface area contributed by atoms with Gasteiger partial charge in [-0.2, -0.15) is 5.06 Å². The summed E-state index contributed by atoms with van der Waals surface area (Å²) in [4.78, 5) is 14.3. The third-order valence-electron chi connectivity index (χ3n) is 3.48. The molecule has 3 rings (SSSR count). The van der Waals surface area contributed by atoms with E-state index in [1.807, 2.05) is 6.07 Å². The fraction of sp³-hybridized carbons (Fsp3) is 0.167. The first kappa shape index (κ1) is 16.5. The van der Waals surface area contributed by atoms with Crippen molar-refractivity contribution in [2.45, 2.75) is 19.4 Å². The molecule has 2 amide bonds. The van der Waals surface area contributed by atoms with Gasteiger partial charge >= 0.3 is 6.03 Å². The number of nitrogens with zero attached hydrogens (tertiary/aromatic N) is 1. The Labute approximate surface area is 148 Å². The molecule has 122 valence electrons. The minimum Gasteiger partial charge on any atom is -0.350 e. The van der Waals surface area contributed by atoms with Gasteiger partial charge in [-0.05, 0) is 36.6 Å². The van der Waals surface area contributed by atoms with Crippen LogP contribution in [-0.2, 0) is 6.42 Å². The number of hydrogen-bond acceptors (Lipinski definition) is 4. The lowest BCUT2D eigenvalue weighted by molar-refractivity contribution is -0.0536. The van der Waals surface area contributed by atoms with E-state index < -0.39 is 12.1 Å². The van der Waals surface area contributed by atoms with Crippen LogP contribution < -0.4 is 5.73 Å². The number of nitrogens with two attached hydrogens (primary N) is 1. The largest absolute Gasteiger partial charge is 0.350 e. The van der Waals surface area contributed by atoms with Gasteiger partial charge in [0.2, 0.25) is 0 Å². The lowest BCUT2D eigenvalue weighted by Gasteiger charge is -2.14. The number of hydrogen-bond donors (Lipinski definition) is 2. The van der Waals surface area contributed by atoms with Crippen LogP contribution in [0.15, 0.2) is 42.5 Å². The number of amides is 2. The highest BCUT2D eigenvalue weighted by Gasteiger charge is 2.12. The van der Waals surface area contributed by atoms with Gasteiger partial charge < -0.3 is 5.73 Å². The molecule has 0 radical (unpaired) electrons. The van der Waals surface area contributed by atoms with E-state index in [4.69, 9.17) is 5.73 Å². The Morgan fingerprint density at radius 3 is 2.79 bits per heavy atom. The van der Waals surface area contributed by atoms with E-state index in [1.165, 1.54) is 19.8 Å². The Morgan fingerprint density at radius 1 is 1.25 bits per heavy atom. The van der Waals surface area contributed by atoms with Gasteiger partial charge in [0.05, 0.1) is 4.88 Å². The van der Waals surface area contributed by atoms with E-state index in [0.717, 1.165) is 11.3 Å². The van der Waals surface area contributed by atoms with Crippen LogP contribution in [0, 0.1) is 11.8 Å². The van der Waals surface area contributed by atoms with Crippen molar-refractivity contribution in [2.75, 3.05) is 0 Å². The second-order valence-corrected chi connectivity index (χ2v) is 7.66. The SMILES string of the molecule is CC(C#Cc1ccc(Cc2cc3ccccc3s2)s1)N(O)C(N)=O. The zero-order valence-electron chi connectivity index (χ0n) is 13.0. The number of urea groups is 1. The number of carbonyl (C=O) groups excluding carboxylic acids is 1. The quantitative estimate of drug-likeness (QED) is 0.422. The van der Waals surface area contributed by atoms with E-state index in [0.29, 0.717) is 5.06 Å². The molecule has 24 heavy (non-hydrogen) atoms. The molecular formula is C18H16N2O2S2. The first-order valence-corrected chi connectivity index (χ1v) is 9.01. The topological polar surface area (TPSA) is 66.6 Å². The molecule has 1 unspecified atom stereocenters. The number of carbonyl (C=O) groups is 1. The monoisotopic (exact) mass is 356 g/mol. The van der Waals surface area contributed by atoms with Crippen molar-refractivity contribution in [3.63, 3.8) is 0 Å². The second kappa shape index (κ2) is 7.05. The highest BCUT2D eigenvalue weighted by Crippen LogP contribution is 2.28. The molecule has 2 aromatic heterocycles. The molecule has 3 aromatic rings. The number of thiophene rings is 2. The van der Waals surface area contributed by atoms with Gasteiger partial charge in [0, 0.05) is 20.9 Å². The van der Waals surface area contributed by atoms with Crippen molar-refractivity contribution in [1.29, 1.82) is 0 Å². The molecule has 2 heterocycles. The van der Waals surface area contributed by atoms with Gasteiger partial charge in [-0.3, -0.25) is 5.21 Å². The molecule has 0 saturated heterocycles. The summed E-state index contributed by atoms with van der Waals surface area (Å²) in [5.74, 6) is 5.79. The Kier molecular flexibility index (Phi) is 4.86. The minimum absolute atomic E-state index is 0.429. The number of fused-ring (bicyclic) bond motifs is 1. The summed E-state index contributed by atoms with van der Waals surface area (Å²) in [6.45, 7) is 1.61. The average Bonchev–Trinajstić information content (AvgIpc) is 3.17. The molecular weight excluding hydrogens is 340 g/mol. The van der Waals surface area contributed by atoms with E-state index in [-0.39, 0.29) is 0 Å². The molecule has 0 bridgehead atoms. The van der Waals surface area contributed by atoms with Gasteiger partial charge in [0.15, 0.2) is 0 Å². The molecule has 0 spiro atoms. The molecule has 0 aliphatic rings. The fourth-order valence-electron chi connectivity index (χ4n) is 2.26. The summed E-state index contributed by atoms with van der Waals surface area (Å²) in [6.07, 6.45) is 0.884.